The van der Waals surface area contributed by atoms with Crippen LogP contribution >= 0.6 is 0 Å². The fourth-order valence-electron chi connectivity index (χ4n) is 3.84. The number of aromatic amines is 1. The maximum atomic E-state index is 13.7. The zero-order chi connectivity index (χ0) is 25.3. The van der Waals surface area contributed by atoms with Crippen molar-refractivity contribution < 1.29 is 22.7 Å². The van der Waals surface area contributed by atoms with E-state index in [9.17, 15) is 18.0 Å². The van der Waals surface area contributed by atoms with Gasteiger partial charge < -0.3 is 10.1 Å². The number of urea groups is 1. The van der Waals surface area contributed by atoms with E-state index in [0.29, 0.717) is 28.5 Å². The van der Waals surface area contributed by atoms with Gasteiger partial charge in [-0.15, -0.1) is 0 Å². The van der Waals surface area contributed by atoms with Gasteiger partial charge in [0.25, 0.3) is 0 Å². The van der Waals surface area contributed by atoms with Crippen molar-refractivity contribution in [2.75, 3.05) is 28.8 Å². The summed E-state index contributed by atoms with van der Waals surface area (Å²) in [6.45, 7) is -1.05. The molecule has 2 aromatic carbocycles. The number of nitrogens with one attached hydrogen (secondary N) is 2. The maximum Gasteiger partial charge on any atom is 0.405 e. The number of anilines is 4. The van der Waals surface area contributed by atoms with Crippen molar-refractivity contribution in [2.24, 2.45) is 0 Å². The summed E-state index contributed by atoms with van der Waals surface area (Å²) < 4.78 is 43.5. The fraction of sp³-hybridized carbons (Fsp3) is 0.167. The van der Waals surface area contributed by atoms with Crippen LogP contribution in [0.1, 0.15) is 5.56 Å². The number of amides is 2. The smallest absolute Gasteiger partial charge is 0.405 e. The molecule has 0 aliphatic carbocycles. The molecule has 36 heavy (non-hydrogen) atoms. The summed E-state index contributed by atoms with van der Waals surface area (Å²) in [4.78, 5) is 25.2. The van der Waals surface area contributed by atoms with Crippen molar-refractivity contribution in [1.29, 1.82) is 0 Å². The average Bonchev–Trinajstić information content (AvgIpc) is 3.42. The van der Waals surface area contributed by atoms with Crippen LogP contribution < -0.4 is 19.9 Å². The quantitative estimate of drug-likeness (QED) is 0.385. The second kappa shape index (κ2) is 9.21. The number of hydrogen-bond acceptors (Lipinski definition) is 6. The van der Waals surface area contributed by atoms with Crippen LogP contribution in [0.25, 0.3) is 11.4 Å². The molecule has 0 atom stereocenters. The molecule has 4 aromatic rings. The number of carbonyl (C=O) groups is 1. The Labute approximate surface area is 203 Å². The van der Waals surface area contributed by atoms with E-state index in [-0.39, 0.29) is 18.2 Å². The molecule has 1 aliphatic rings. The van der Waals surface area contributed by atoms with Crippen LogP contribution in [0.15, 0.2) is 67.0 Å². The Morgan fingerprint density at radius 2 is 1.75 bits per heavy atom. The predicted octanol–water partition coefficient (Wildman–Crippen LogP) is 5.13. The SMILES string of the molecule is COc1ccc(N2Cc3ccc(NCC(F)(F)F)nc3N(c3ccc(-c4ncn[nH]4)cc3)C2=O)cc1. The lowest BCUT2D eigenvalue weighted by Crippen LogP contribution is -2.45. The molecule has 2 aromatic heterocycles. The Bertz CT molecular complexity index is 1360. The average molecular weight is 495 g/mol. The number of methoxy groups -OCH3 is 1. The van der Waals surface area contributed by atoms with Crippen LogP contribution in [0.4, 0.5) is 41.0 Å². The number of H-pyrrole nitrogens is 1. The van der Waals surface area contributed by atoms with Crippen molar-refractivity contribution in [3.8, 4) is 17.1 Å². The molecule has 1 aliphatic heterocycles. The van der Waals surface area contributed by atoms with Gasteiger partial charge in [-0.3, -0.25) is 10.00 Å². The van der Waals surface area contributed by atoms with E-state index in [0.717, 1.165) is 5.56 Å². The number of aromatic nitrogens is 4. The van der Waals surface area contributed by atoms with Crippen molar-refractivity contribution >= 4 is 29.0 Å². The first kappa shape index (κ1) is 23.1. The Kier molecular flexibility index (Phi) is 5.92. The van der Waals surface area contributed by atoms with Crippen LogP contribution in [0, 0.1) is 0 Å². The maximum absolute atomic E-state index is 13.7. The first-order valence-corrected chi connectivity index (χ1v) is 10.8. The highest BCUT2D eigenvalue weighted by molar-refractivity contribution is 6.10. The van der Waals surface area contributed by atoms with Crippen molar-refractivity contribution in [3.63, 3.8) is 0 Å². The number of halogens is 3. The standard InChI is InChI=1S/C24H20F3N7O2/c1-36-19-9-7-17(8-10-19)33-12-16-4-11-20(28-13-24(25,26)27)31-22(16)34(23(33)35)18-5-2-15(3-6-18)21-29-14-30-32-21/h2-11,14H,12-13H2,1H3,(H,28,31)(H,29,30,32). The summed E-state index contributed by atoms with van der Waals surface area (Å²) in [5.74, 6) is 1.47. The van der Waals surface area contributed by atoms with Gasteiger partial charge in [0.05, 0.1) is 19.3 Å². The number of carbonyl (C=O) groups excluding carboxylic acids is 1. The van der Waals surface area contributed by atoms with Crippen LogP contribution in [0.5, 0.6) is 5.75 Å². The molecule has 2 N–H and O–H groups in total. The number of hydrogen-bond donors (Lipinski definition) is 2. The first-order chi connectivity index (χ1) is 17.3. The van der Waals surface area contributed by atoms with E-state index in [1.54, 1.807) is 66.6 Å². The van der Waals surface area contributed by atoms with Gasteiger partial charge >= 0.3 is 12.2 Å². The minimum absolute atomic E-state index is 0.0139. The van der Waals surface area contributed by atoms with Gasteiger partial charge in [-0.25, -0.2) is 19.7 Å². The largest absolute Gasteiger partial charge is 0.497 e. The molecule has 9 nitrogen and oxygen atoms in total. The van der Waals surface area contributed by atoms with Gasteiger partial charge in [0.15, 0.2) is 5.82 Å². The van der Waals surface area contributed by atoms with Crippen LogP contribution in [0.2, 0.25) is 0 Å². The van der Waals surface area contributed by atoms with Gasteiger partial charge in [-0.2, -0.15) is 18.3 Å². The number of rotatable bonds is 6. The Balaban J connectivity index is 1.54. The molecule has 0 bridgehead atoms. The molecule has 5 rings (SSSR count). The third-order valence-electron chi connectivity index (χ3n) is 5.59. The van der Waals surface area contributed by atoms with Gasteiger partial charge in [0.2, 0.25) is 0 Å². The number of benzene rings is 2. The summed E-state index contributed by atoms with van der Waals surface area (Å²) in [5, 5.41) is 8.90. The number of pyridine rings is 1. The van der Waals surface area contributed by atoms with E-state index >= 15 is 0 Å². The number of nitrogens with zero attached hydrogens (tertiary/aromatic N) is 5. The van der Waals surface area contributed by atoms with E-state index < -0.39 is 18.8 Å². The molecule has 0 radical (unpaired) electrons. The highest BCUT2D eigenvalue weighted by atomic mass is 19.4. The Morgan fingerprint density at radius 3 is 2.39 bits per heavy atom. The van der Waals surface area contributed by atoms with Crippen LogP contribution in [-0.2, 0) is 6.54 Å². The zero-order valence-corrected chi connectivity index (χ0v) is 19.0. The first-order valence-electron chi connectivity index (χ1n) is 10.8. The van der Waals surface area contributed by atoms with Gasteiger partial charge in [-0.05, 0) is 60.7 Å². The minimum atomic E-state index is -4.41. The van der Waals surface area contributed by atoms with Gasteiger partial charge in [-0.1, -0.05) is 0 Å². The summed E-state index contributed by atoms with van der Waals surface area (Å²) in [6.07, 6.45) is -3.02. The summed E-state index contributed by atoms with van der Waals surface area (Å²) in [6, 6.07) is 16.7. The molecular formula is C24H20F3N7O2. The monoisotopic (exact) mass is 495 g/mol. The number of fused-ring (bicyclic) bond motifs is 1. The fourth-order valence-corrected chi connectivity index (χ4v) is 3.84. The van der Waals surface area contributed by atoms with Crippen molar-refractivity contribution in [3.05, 3.63) is 72.6 Å². The van der Waals surface area contributed by atoms with E-state index in [2.05, 4.69) is 25.5 Å². The second-order valence-electron chi connectivity index (χ2n) is 7.93. The third kappa shape index (κ3) is 4.65. The lowest BCUT2D eigenvalue weighted by Gasteiger charge is -2.36. The summed E-state index contributed by atoms with van der Waals surface area (Å²) >= 11 is 0. The second-order valence-corrected chi connectivity index (χ2v) is 7.93. The molecule has 0 spiro atoms. The normalized spacial score (nSPS) is 13.5. The van der Waals surface area contributed by atoms with E-state index in [4.69, 9.17) is 4.74 Å². The number of alkyl halides is 3. The third-order valence-corrected chi connectivity index (χ3v) is 5.59. The van der Waals surface area contributed by atoms with E-state index in [1.807, 2.05) is 0 Å². The molecule has 0 saturated carbocycles. The molecule has 12 heteroatoms. The molecule has 3 heterocycles. The van der Waals surface area contributed by atoms with Crippen LogP contribution in [0.3, 0.4) is 0 Å². The molecule has 2 amide bonds. The Hall–Kier alpha value is -4.61. The molecular weight excluding hydrogens is 475 g/mol. The minimum Gasteiger partial charge on any atom is -0.497 e. The molecule has 0 fully saturated rings. The van der Waals surface area contributed by atoms with Crippen LogP contribution in [-0.4, -0.2) is 46.0 Å². The summed E-state index contributed by atoms with van der Waals surface area (Å²) in [7, 11) is 1.55. The lowest BCUT2D eigenvalue weighted by atomic mass is 10.1. The highest BCUT2D eigenvalue weighted by Gasteiger charge is 2.34. The van der Waals surface area contributed by atoms with Crippen molar-refractivity contribution in [1.82, 2.24) is 20.2 Å². The van der Waals surface area contributed by atoms with E-state index in [1.165, 1.54) is 17.3 Å². The van der Waals surface area contributed by atoms with Gasteiger partial charge in [0, 0.05) is 16.8 Å². The highest BCUT2D eigenvalue weighted by Crippen LogP contribution is 2.37. The number of ether oxygens (including phenoxy) is 1. The lowest BCUT2D eigenvalue weighted by molar-refractivity contribution is -0.115. The Morgan fingerprint density at radius 1 is 1.03 bits per heavy atom. The zero-order valence-electron chi connectivity index (χ0n) is 19.0. The summed E-state index contributed by atoms with van der Waals surface area (Å²) in [5.41, 5.74) is 2.54. The van der Waals surface area contributed by atoms with Gasteiger partial charge in [0.1, 0.15) is 30.3 Å². The molecule has 0 saturated heterocycles. The topological polar surface area (TPSA) is 99.3 Å². The van der Waals surface area contributed by atoms with Crippen molar-refractivity contribution in [2.45, 2.75) is 12.7 Å². The predicted molar refractivity (Wildman–Crippen MR) is 127 cm³/mol. The molecule has 0 unspecified atom stereocenters. The molecule has 184 valence electrons.